The summed E-state index contributed by atoms with van der Waals surface area (Å²) < 4.78 is 20.3. The van der Waals surface area contributed by atoms with Crippen LogP contribution < -0.4 is 9.64 Å². The Labute approximate surface area is 212 Å². The van der Waals surface area contributed by atoms with Gasteiger partial charge in [0.2, 0.25) is 0 Å². The molecule has 2 aromatic carbocycles. The van der Waals surface area contributed by atoms with E-state index in [-0.39, 0.29) is 11.7 Å². The number of halogens is 1. The van der Waals surface area contributed by atoms with Gasteiger partial charge in [0, 0.05) is 57.9 Å². The molecule has 1 aromatic heterocycles. The molecule has 0 bridgehead atoms. The van der Waals surface area contributed by atoms with E-state index >= 15 is 0 Å². The van der Waals surface area contributed by atoms with Crippen molar-refractivity contribution in [2.75, 3.05) is 50.8 Å². The summed E-state index contributed by atoms with van der Waals surface area (Å²) in [6.45, 7) is 6.31. The topological polar surface area (TPSA) is 48.9 Å². The lowest BCUT2D eigenvalue weighted by Crippen LogP contribution is -2.46. The molecular weight excluding hydrogens is 455 g/mol. The van der Waals surface area contributed by atoms with Crippen LogP contribution in [0.25, 0.3) is 0 Å². The number of piperazine rings is 1. The minimum Gasteiger partial charge on any atom is -0.493 e. The van der Waals surface area contributed by atoms with Crippen LogP contribution in [-0.4, -0.2) is 66.6 Å². The zero-order valence-electron chi connectivity index (χ0n) is 20.6. The van der Waals surface area contributed by atoms with Crippen LogP contribution in [0.1, 0.15) is 28.9 Å². The first kappa shape index (κ1) is 24.3. The summed E-state index contributed by atoms with van der Waals surface area (Å²) in [7, 11) is 0. The van der Waals surface area contributed by atoms with Gasteiger partial charge in [-0.05, 0) is 54.8 Å². The maximum atomic E-state index is 14.1. The Balaban J connectivity index is 1.10. The molecule has 5 rings (SSSR count). The minimum absolute atomic E-state index is 0.00241. The van der Waals surface area contributed by atoms with E-state index in [9.17, 15) is 9.18 Å². The quantitative estimate of drug-likeness (QED) is 0.491. The van der Waals surface area contributed by atoms with Crippen molar-refractivity contribution in [2.45, 2.75) is 19.4 Å². The minimum atomic E-state index is -0.155. The number of carbonyl (C=O) groups is 1. The van der Waals surface area contributed by atoms with E-state index in [1.807, 2.05) is 41.3 Å². The highest BCUT2D eigenvalue weighted by Crippen LogP contribution is 2.23. The Kier molecular flexibility index (Phi) is 7.76. The molecule has 36 heavy (non-hydrogen) atoms. The van der Waals surface area contributed by atoms with Crippen molar-refractivity contribution >= 4 is 11.6 Å². The van der Waals surface area contributed by atoms with Crippen LogP contribution in [0.15, 0.2) is 72.9 Å². The predicted octanol–water partition coefficient (Wildman–Crippen LogP) is 4.47. The Morgan fingerprint density at radius 2 is 1.81 bits per heavy atom. The molecule has 0 spiro atoms. The first-order valence-electron chi connectivity index (χ1n) is 12.8. The van der Waals surface area contributed by atoms with Crippen molar-refractivity contribution in [3.05, 3.63) is 90.0 Å². The summed E-state index contributed by atoms with van der Waals surface area (Å²) in [4.78, 5) is 23.4. The number of aromatic nitrogens is 1. The SMILES string of the molecule is O=C(c1ccccn1)N1CCC[C@H](COc2cccc(CN3CCN(c4ccccc4F)CC3)c2)C1. The van der Waals surface area contributed by atoms with Crippen LogP contribution in [-0.2, 0) is 6.54 Å². The number of hydrogen-bond acceptors (Lipinski definition) is 5. The number of pyridine rings is 1. The average molecular weight is 489 g/mol. The molecule has 0 aliphatic carbocycles. The lowest BCUT2D eigenvalue weighted by atomic mass is 9.98. The van der Waals surface area contributed by atoms with Gasteiger partial charge in [0.1, 0.15) is 17.3 Å². The predicted molar refractivity (Wildman–Crippen MR) is 139 cm³/mol. The molecule has 7 heteroatoms. The van der Waals surface area contributed by atoms with Gasteiger partial charge in [-0.3, -0.25) is 14.7 Å². The van der Waals surface area contributed by atoms with Crippen molar-refractivity contribution in [3.63, 3.8) is 0 Å². The number of para-hydroxylation sites is 1. The molecular formula is C29H33FN4O2. The number of ether oxygens (including phenoxy) is 1. The van der Waals surface area contributed by atoms with Gasteiger partial charge < -0.3 is 14.5 Å². The van der Waals surface area contributed by atoms with Gasteiger partial charge in [0.15, 0.2) is 0 Å². The lowest BCUT2D eigenvalue weighted by molar-refractivity contribution is 0.0627. The maximum Gasteiger partial charge on any atom is 0.272 e. The summed E-state index contributed by atoms with van der Waals surface area (Å²) >= 11 is 0. The molecule has 2 aliphatic heterocycles. The Bertz CT molecular complexity index is 1150. The van der Waals surface area contributed by atoms with Gasteiger partial charge in [-0.1, -0.05) is 30.3 Å². The third-order valence-corrected chi connectivity index (χ3v) is 7.05. The van der Waals surface area contributed by atoms with E-state index in [0.717, 1.165) is 57.9 Å². The van der Waals surface area contributed by atoms with Gasteiger partial charge in [-0.2, -0.15) is 0 Å². The molecule has 0 N–H and O–H groups in total. The monoisotopic (exact) mass is 488 g/mol. The van der Waals surface area contributed by atoms with Crippen LogP contribution in [0, 0.1) is 11.7 Å². The third-order valence-electron chi connectivity index (χ3n) is 7.05. The highest BCUT2D eigenvalue weighted by Gasteiger charge is 2.25. The summed E-state index contributed by atoms with van der Waals surface area (Å²) in [5.41, 5.74) is 2.40. The van der Waals surface area contributed by atoms with Crippen molar-refractivity contribution in [1.29, 1.82) is 0 Å². The normalized spacial score (nSPS) is 18.8. The second kappa shape index (κ2) is 11.5. The molecule has 1 amide bonds. The van der Waals surface area contributed by atoms with Gasteiger partial charge in [-0.15, -0.1) is 0 Å². The Hall–Kier alpha value is -3.45. The fourth-order valence-electron chi connectivity index (χ4n) is 5.10. The van der Waals surface area contributed by atoms with Gasteiger partial charge in [0.25, 0.3) is 5.91 Å². The molecule has 3 aromatic rings. The summed E-state index contributed by atoms with van der Waals surface area (Å²) in [6.07, 6.45) is 3.69. The van der Waals surface area contributed by atoms with Crippen LogP contribution >= 0.6 is 0 Å². The smallest absolute Gasteiger partial charge is 0.272 e. The fourth-order valence-corrected chi connectivity index (χ4v) is 5.10. The number of piperidine rings is 1. The standard InChI is InChI=1S/C29H33FN4O2/c30-26-10-1-2-12-28(26)33-17-15-32(16-18-33)20-23-7-5-9-25(19-23)36-22-24-8-6-14-34(21-24)29(35)27-11-3-4-13-31-27/h1-5,7,9-13,19,24H,6,8,14-18,20-22H2/t24-/m0/s1. The van der Waals surface area contributed by atoms with Crippen molar-refractivity contribution in [1.82, 2.24) is 14.8 Å². The van der Waals surface area contributed by atoms with Crippen LogP contribution in [0.5, 0.6) is 5.75 Å². The number of carbonyl (C=O) groups excluding carboxylic acids is 1. The highest BCUT2D eigenvalue weighted by atomic mass is 19.1. The van der Waals surface area contributed by atoms with E-state index in [1.54, 1.807) is 18.3 Å². The van der Waals surface area contributed by atoms with Crippen molar-refractivity contribution < 1.29 is 13.9 Å². The highest BCUT2D eigenvalue weighted by molar-refractivity contribution is 5.92. The second-order valence-corrected chi connectivity index (χ2v) is 9.65. The maximum absolute atomic E-state index is 14.1. The van der Waals surface area contributed by atoms with E-state index < -0.39 is 0 Å². The van der Waals surface area contributed by atoms with Gasteiger partial charge >= 0.3 is 0 Å². The second-order valence-electron chi connectivity index (χ2n) is 9.65. The van der Waals surface area contributed by atoms with E-state index in [4.69, 9.17) is 4.74 Å². The van der Waals surface area contributed by atoms with Gasteiger partial charge in [-0.25, -0.2) is 4.39 Å². The number of benzene rings is 2. The summed E-state index contributed by atoms with van der Waals surface area (Å²) in [5, 5.41) is 0. The molecule has 3 heterocycles. The van der Waals surface area contributed by atoms with E-state index in [0.29, 0.717) is 30.5 Å². The lowest BCUT2D eigenvalue weighted by Gasteiger charge is -2.36. The number of likely N-dealkylation sites (tertiary alicyclic amines) is 1. The summed E-state index contributed by atoms with van der Waals surface area (Å²) in [5.74, 6) is 1.02. The van der Waals surface area contributed by atoms with Crippen molar-refractivity contribution in [3.8, 4) is 5.75 Å². The number of nitrogens with zero attached hydrogens (tertiary/aromatic N) is 4. The molecule has 2 fully saturated rings. The zero-order valence-corrected chi connectivity index (χ0v) is 20.6. The van der Waals surface area contributed by atoms with Crippen LogP contribution in [0.4, 0.5) is 10.1 Å². The molecule has 188 valence electrons. The fraction of sp³-hybridized carbons (Fsp3) is 0.379. The third kappa shape index (κ3) is 6.02. The van der Waals surface area contributed by atoms with Crippen molar-refractivity contribution in [2.24, 2.45) is 5.92 Å². The molecule has 0 saturated carbocycles. The molecule has 6 nitrogen and oxygen atoms in total. The Morgan fingerprint density at radius 1 is 0.972 bits per heavy atom. The first-order chi connectivity index (χ1) is 17.7. The molecule has 2 saturated heterocycles. The molecule has 0 unspecified atom stereocenters. The van der Waals surface area contributed by atoms with Crippen LogP contribution in [0.2, 0.25) is 0 Å². The molecule has 1 atom stereocenters. The largest absolute Gasteiger partial charge is 0.493 e. The van der Waals surface area contributed by atoms with E-state index in [1.165, 1.54) is 11.6 Å². The number of anilines is 1. The molecule has 2 aliphatic rings. The number of rotatable bonds is 7. The number of amides is 1. The number of hydrogen-bond donors (Lipinski definition) is 0. The Morgan fingerprint density at radius 3 is 2.61 bits per heavy atom. The van der Waals surface area contributed by atoms with E-state index in [2.05, 4.69) is 26.9 Å². The van der Waals surface area contributed by atoms with Crippen LogP contribution in [0.3, 0.4) is 0 Å². The summed E-state index contributed by atoms with van der Waals surface area (Å²) in [6, 6.07) is 20.7. The molecule has 0 radical (unpaired) electrons. The van der Waals surface area contributed by atoms with Gasteiger partial charge in [0.05, 0.1) is 12.3 Å². The zero-order chi connectivity index (χ0) is 24.7. The average Bonchev–Trinajstić information content (AvgIpc) is 2.93. The first-order valence-corrected chi connectivity index (χ1v) is 12.8.